The lowest BCUT2D eigenvalue weighted by molar-refractivity contribution is 0.369. The van der Waals surface area contributed by atoms with Crippen LogP contribution in [-0.2, 0) is 11.8 Å². The Labute approximate surface area is 123 Å². The van der Waals surface area contributed by atoms with Crippen LogP contribution in [-0.4, -0.2) is 5.88 Å². The van der Waals surface area contributed by atoms with E-state index in [2.05, 4.69) is 45.0 Å². The summed E-state index contributed by atoms with van der Waals surface area (Å²) in [6.07, 6.45) is 6.73. The summed E-state index contributed by atoms with van der Waals surface area (Å²) in [7, 11) is 0. The second-order valence-electron chi connectivity index (χ2n) is 7.11. The van der Waals surface area contributed by atoms with Crippen molar-refractivity contribution in [2.45, 2.75) is 58.3 Å². The molecule has 0 aliphatic heterocycles. The van der Waals surface area contributed by atoms with E-state index in [0.29, 0.717) is 5.92 Å². The largest absolute Gasteiger partial charge is 0.126 e. The first-order chi connectivity index (χ1) is 9.00. The molecule has 2 rings (SSSR count). The van der Waals surface area contributed by atoms with Crippen molar-refractivity contribution in [2.75, 3.05) is 5.88 Å². The van der Waals surface area contributed by atoms with Crippen LogP contribution in [0.4, 0.5) is 0 Å². The molecular formula is C18H27Cl. The standard InChI is InChI=1S/C18H27Cl/c1-18(2,3)17-10-8-14(9-11-17)12-16(13-19)15-6-4-5-7-15/h8-11,15-16H,4-7,12-13H2,1-3H3. The van der Waals surface area contributed by atoms with Crippen LogP contribution in [0, 0.1) is 11.8 Å². The van der Waals surface area contributed by atoms with Crippen LogP contribution in [0.1, 0.15) is 57.6 Å². The van der Waals surface area contributed by atoms with Crippen LogP contribution < -0.4 is 0 Å². The summed E-state index contributed by atoms with van der Waals surface area (Å²) < 4.78 is 0. The summed E-state index contributed by atoms with van der Waals surface area (Å²) >= 11 is 6.20. The monoisotopic (exact) mass is 278 g/mol. The minimum atomic E-state index is 0.246. The van der Waals surface area contributed by atoms with Gasteiger partial charge in [0.05, 0.1) is 0 Å². The van der Waals surface area contributed by atoms with Gasteiger partial charge in [0.15, 0.2) is 0 Å². The molecule has 19 heavy (non-hydrogen) atoms. The third-order valence-electron chi connectivity index (χ3n) is 4.58. The normalized spacial score (nSPS) is 18.7. The molecule has 1 fully saturated rings. The van der Waals surface area contributed by atoms with E-state index >= 15 is 0 Å². The van der Waals surface area contributed by atoms with Gasteiger partial charge >= 0.3 is 0 Å². The molecule has 106 valence electrons. The molecule has 1 aromatic carbocycles. The molecule has 1 unspecified atom stereocenters. The van der Waals surface area contributed by atoms with Crippen LogP contribution in [0.5, 0.6) is 0 Å². The van der Waals surface area contributed by atoms with Crippen LogP contribution in [0.2, 0.25) is 0 Å². The van der Waals surface area contributed by atoms with Crippen LogP contribution >= 0.6 is 11.6 Å². The predicted octanol–water partition coefficient (Wildman–Crippen LogP) is 5.57. The fourth-order valence-corrected chi connectivity index (χ4v) is 3.58. The topological polar surface area (TPSA) is 0 Å². The molecule has 1 aliphatic rings. The molecule has 0 radical (unpaired) electrons. The van der Waals surface area contributed by atoms with E-state index in [1.807, 2.05) is 0 Å². The molecule has 0 amide bonds. The van der Waals surface area contributed by atoms with Gasteiger partial charge in [0.1, 0.15) is 0 Å². The van der Waals surface area contributed by atoms with E-state index in [4.69, 9.17) is 11.6 Å². The smallest absolute Gasteiger partial charge is 0.0257 e. The number of halogens is 1. The molecule has 0 saturated heterocycles. The Morgan fingerprint density at radius 3 is 2.16 bits per heavy atom. The van der Waals surface area contributed by atoms with Crippen LogP contribution in [0.3, 0.4) is 0 Å². The van der Waals surface area contributed by atoms with Crippen molar-refractivity contribution in [1.29, 1.82) is 0 Å². The van der Waals surface area contributed by atoms with Gasteiger partial charge in [-0.2, -0.15) is 0 Å². The molecule has 0 bridgehead atoms. The zero-order chi connectivity index (χ0) is 13.9. The third kappa shape index (κ3) is 3.99. The summed E-state index contributed by atoms with van der Waals surface area (Å²) in [6.45, 7) is 6.80. The first kappa shape index (κ1) is 14.9. The quantitative estimate of drug-likeness (QED) is 0.632. The van der Waals surface area contributed by atoms with Crippen molar-refractivity contribution in [1.82, 2.24) is 0 Å². The number of hydrogen-bond donors (Lipinski definition) is 0. The van der Waals surface area contributed by atoms with E-state index in [9.17, 15) is 0 Å². The molecular weight excluding hydrogens is 252 g/mol. The van der Waals surface area contributed by atoms with E-state index in [0.717, 1.165) is 18.2 Å². The summed E-state index contributed by atoms with van der Waals surface area (Å²) in [6, 6.07) is 9.18. The van der Waals surface area contributed by atoms with Gasteiger partial charge in [0, 0.05) is 5.88 Å². The van der Waals surface area contributed by atoms with Crippen molar-refractivity contribution in [3.63, 3.8) is 0 Å². The van der Waals surface area contributed by atoms with E-state index in [1.165, 1.54) is 36.8 Å². The van der Waals surface area contributed by atoms with E-state index < -0.39 is 0 Å². The van der Waals surface area contributed by atoms with Crippen LogP contribution in [0.15, 0.2) is 24.3 Å². The zero-order valence-electron chi connectivity index (χ0n) is 12.6. The van der Waals surface area contributed by atoms with Gasteiger partial charge in [-0.25, -0.2) is 0 Å². The summed E-state index contributed by atoms with van der Waals surface area (Å²) in [5.74, 6) is 2.34. The molecule has 1 aliphatic carbocycles. The summed E-state index contributed by atoms with van der Waals surface area (Å²) in [5, 5.41) is 0. The van der Waals surface area contributed by atoms with Gasteiger partial charge in [0.2, 0.25) is 0 Å². The molecule has 1 heteroatoms. The molecule has 1 atom stereocenters. The van der Waals surface area contributed by atoms with Gasteiger partial charge in [0.25, 0.3) is 0 Å². The van der Waals surface area contributed by atoms with Crippen molar-refractivity contribution >= 4 is 11.6 Å². The minimum absolute atomic E-state index is 0.246. The first-order valence-corrected chi connectivity index (χ1v) is 8.19. The highest BCUT2D eigenvalue weighted by molar-refractivity contribution is 6.18. The van der Waals surface area contributed by atoms with E-state index in [-0.39, 0.29) is 5.41 Å². The molecule has 0 nitrogen and oxygen atoms in total. The fraction of sp³-hybridized carbons (Fsp3) is 0.667. The molecule has 0 heterocycles. The maximum absolute atomic E-state index is 6.20. The average molecular weight is 279 g/mol. The maximum Gasteiger partial charge on any atom is 0.0257 e. The van der Waals surface area contributed by atoms with Crippen LogP contribution in [0.25, 0.3) is 0 Å². The SMILES string of the molecule is CC(C)(C)c1ccc(CC(CCl)C2CCCC2)cc1. The van der Waals surface area contributed by atoms with E-state index in [1.54, 1.807) is 0 Å². The zero-order valence-corrected chi connectivity index (χ0v) is 13.3. The Balaban J connectivity index is 2.01. The predicted molar refractivity (Wildman–Crippen MR) is 85.0 cm³/mol. The second-order valence-corrected chi connectivity index (χ2v) is 7.42. The van der Waals surface area contributed by atoms with Gasteiger partial charge in [-0.3, -0.25) is 0 Å². The lowest BCUT2D eigenvalue weighted by atomic mass is 9.84. The Kier molecular flexibility index (Phi) is 4.95. The van der Waals surface area contributed by atoms with Gasteiger partial charge in [-0.1, -0.05) is 70.7 Å². The number of rotatable bonds is 4. The van der Waals surface area contributed by atoms with Gasteiger partial charge in [-0.05, 0) is 34.8 Å². The lowest BCUT2D eigenvalue weighted by Gasteiger charge is -2.22. The summed E-state index contributed by atoms with van der Waals surface area (Å²) in [5.41, 5.74) is 3.11. The molecule has 0 spiro atoms. The summed E-state index contributed by atoms with van der Waals surface area (Å²) in [4.78, 5) is 0. The van der Waals surface area contributed by atoms with Crippen molar-refractivity contribution in [3.05, 3.63) is 35.4 Å². The minimum Gasteiger partial charge on any atom is -0.126 e. The Morgan fingerprint density at radius 1 is 1.11 bits per heavy atom. The Hall–Kier alpha value is -0.490. The first-order valence-electron chi connectivity index (χ1n) is 7.66. The highest BCUT2D eigenvalue weighted by Crippen LogP contribution is 2.34. The van der Waals surface area contributed by atoms with Crippen molar-refractivity contribution < 1.29 is 0 Å². The number of benzene rings is 1. The van der Waals surface area contributed by atoms with Gasteiger partial charge < -0.3 is 0 Å². The number of alkyl halides is 1. The molecule has 0 aromatic heterocycles. The van der Waals surface area contributed by atoms with Crippen molar-refractivity contribution in [3.8, 4) is 0 Å². The third-order valence-corrected chi connectivity index (χ3v) is 4.98. The highest BCUT2D eigenvalue weighted by atomic mass is 35.5. The Morgan fingerprint density at radius 2 is 1.68 bits per heavy atom. The number of hydrogen-bond acceptors (Lipinski definition) is 0. The molecule has 0 N–H and O–H groups in total. The fourth-order valence-electron chi connectivity index (χ4n) is 3.22. The molecule has 1 aromatic rings. The average Bonchev–Trinajstić information content (AvgIpc) is 2.89. The molecule has 1 saturated carbocycles. The highest BCUT2D eigenvalue weighted by Gasteiger charge is 2.24. The second kappa shape index (κ2) is 6.31. The van der Waals surface area contributed by atoms with Crippen molar-refractivity contribution in [2.24, 2.45) is 11.8 Å². The lowest BCUT2D eigenvalue weighted by Crippen LogP contribution is -2.16. The van der Waals surface area contributed by atoms with Gasteiger partial charge in [-0.15, -0.1) is 11.6 Å². The Bertz CT molecular complexity index is 379. The maximum atomic E-state index is 6.20.